The van der Waals surface area contributed by atoms with Crippen LogP contribution in [0.3, 0.4) is 0 Å². The van der Waals surface area contributed by atoms with Crippen LogP contribution in [0.25, 0.3) is 11.4 Å². The van der Waals surface area contributed by atoms with Crippen molar-refractivity contribution in [3.8, 4) is 11.4 Å². The van der Waals surface area contributed by atoms with Crippen molar-refractivity contribution in [2.24, 2.45) is 0 Å². The van der Waals surface area contributed by atoms with Crippen LogP contribution in [0.15, 0.2) is 18.2 Å². The van der Waals surface area contributed by atoms with Crippen LogP contribution in [-0.4, -0.2) is 16.5 Å². The number of nitrogens with zero attached hydrogens (tertiary/aromatic N) is 2. The van der Waals surface area contributed by atoms with Crippen LogP contribution in [0.4, 0.5) is 8.78 Å². The molecule has 0 bridgehead atoms. The van der Waals surface area contributed by atoms with Gasteiger partial charge in [-0.3, -0.25) is 0 Å². The summed E-state index contributed by atoms with van der Waals surface area (Å²) >= 11 is 0. The van der Waals surface area contributed by atoms with E-state index in [1.165, 1.54) is 17.7 Å². The van der Waals surface area contributed by atoms with Gasteiger partial charge in [-0.05, 0) is 25.0 Å². The Hall–Kier alpha value is -1.88. The maximum atomic E-state index is 13.4. The van der Waals surface area contributed by atoms with Crippen LogP contribution in [0.1, 0.15) is 35.7 Å². The lowest BCUT2D eigenvalue weighted by molar-refractivity contribution is 0.583. The zero-order valence-corrected chi connectivity index (χ0v) is 11.5. The molecule has 1 fully saturated rings. The molecule has 108 valence electrons. The molecule has 1 N–H and O–H groups in total. The van der Waals surface area contributed by atoms with Gasteiger partial charge in [-0.1, -0.05) is 0 Å². The predicted molar refractivity (Wildman–Crippen MR) is 74.8 cm³/mol. The Labute approximate surface area is 121 Å². The summed E-state index contributed by atoms with van der Waals surface area (Å²) in [7, 11) is 0. The lowest BCUT2D eigenvalue weighted by Gasteiger charge is -2.20. The lowest BCUT2D eigenvalue weighted by Crippen LogP contribution is -2.26. The summed E-state index contributed by atoms with van der Waals surface area (Å²) in [5, 5.41) is 3.34. The minimum Gasteiger partial charge on any atom is -0.312 e. The van der Waals surface area contributed by atoms with E-state index >= 15 is 0 Å². The molecule has 2 heterocycles. The number of halogens is 2. The summed E-state index contributed by atoms with van der Waals surface area (Å²) in [5.41, 5.74) is 3.68. The van der Waals surface area contributed by atoms with Crippen molar-refractivity contribution in [3.05, 3.63) is 46.8 Å². The third-order valence-electron chi connectivity index (χ3n) is 4.05. The Morgan fingerprint density at radius 3 is 2.52 bits per heavy atom. The first kappa shape index (κ1) is 12.8. The van der Waals surface area contributed by atoms with Crippen molar-refractivity contribution >= 4 is 0 Å². The Balaban J connectivity index is 1.87. The minimum atomic E-state index is -0.596. The largest absolute Gasteiger partial charge is 0.312 e. The van der Waals surface area contributed by atoms with Crippen LogP contribution in [0.5, 0.6) is 0 Å². The van der Waals surface area contributed by atoms with Crippen LogP contribution in [0, 0.1) is 11.6 Å². The highest BCUT2D eigenvalue weighted by Crippen LogP contribution is 2.42. The van der Waals surface area contributed by atoms with Crippen molar-refractivity contribution < 1.29 is 8.78 Å². The van der Waals surface area contributed by atoms with Gasteiger partial charge in [-0.2, -0.15) is 0 Å². The predicted octanol–water partition coefficient (Wildman–Crippen LogP) is 2.94. The van der Waals surface area contributed by atoms with E-state index in [-0.39, 0.29) is 0 Å². The normalized spacial score (nSPS) is 17.6. The molecule has 0 unspecified atom stereocenters. The molecule has 1 saturated carbocycles. The third-order valence-corrected chi connectivity index (χ3v) is 4.05. The van der Waals surface area contributed by atoms with Gasteiger partial charge in [0.25, 0.3) is 0 Å². The third kappa shape index (κ3) is 2.42. The summed E-state index contributed by atoms with van der Waals surface area (Å²) in [5.74, 6) is -0.267. The first-order valence-electron chi connectivity index (χ1n) is 7.27. The Morgan fingerprint density at radius 2 is 1.81 bits per heavy atom. The van der Waals surface area contributed by atoms with Crippen LogP contribution in [0.2, 0.25) is 0 Å². The number of rotatable bonds is 2. The summed E-state index contributed by atoms with van der Waals surface area (Å²) in [4.78, 5) is 9.17. The Morgan fingerprint density at radius 1 is 1.05 bits per heavy atom. The van der Waals surface area contributed by atoms with Gasteiger partial charge in [-0.25, -0.2) is 18.7 Å². The zero-order valence-electron chi connectivity index (χ0n) is 11.5. The molecule has 0 radical (unpaired) electrons. The Kier molecular flexibility index (Phi) is 2.96. The van der Waals surface area contributed by atoms with Gasteiger partial charge in [-0.15, -0.1) is 0 Å². The summed E-state index contributed by atoms with van der Waals surface area (Å²) < 4.78 is 26.8. The van der Waals surface area contributed by atoms with E-state index in [4.69, 9.17) is 0 Å². The van der Waals surface area contributed by atoms with E-state index < -0.39 is 11.6 Å². The number of nitrogens with one attached hydrogen (secondary N) is 1. The molecular weight excluding hydrogens is 272 g/mol. The molecule has 0 spiro atoms. The summed E-state index contributed by atoms with van der Waals surface area (Å²) in [6.07, 6.45) is 3.11. The van der Waals surface area contributed by atoms with E-state index in [9.17, 15) is 8.78 Å². The fraction of sp³-hybridized carbons (Fsp3) is 0.375. The summed E-state index contributed by atoms with van der Waals surface area (Å²) in [6, 6.07) is 3.46. The second-order valence-corrected chi connectivity index (χ2v) is 5.72. The number of fused-ring (bicyclic) bond motifs is 1. The standard InChI is InChI=1S/C16H15F2N3/c17-11-5-10(6-12(18)7-11)16-20-14-3-4-19-8-13(14)15(21-16)9-1-2-9/h5-7,9,19H,1-4,8H2. The molecule has 1 aliphatic heterocycles. The molecule has 0 saturated heterocycles. The van der Waals surface area contributed by atoms with E-state index in [0.717, 1.165) is 49.8 Å². The highest BCUT2D eigenvalue weighted by atomic mass is 19.1. The van der Waals surface area contributed by atoms with Crippen molar-refractivity contribution in [1.29, 1.82) is 0 Å². The van der Waals surface area contributed by atoms with E-state index in [1.54, 1.807) is 0 Å². The van der Waals surface area contributed by atoms with Crippen LogP contribution >= 0.6 is 0 Å². The molecule has 2 aromatic rings. The molecule has 2 aliphatic rings. The number of aromatic nitrogens is 2. The van der Waals surface area contributed by atoms with Gasteiger partial charge in [0.2, 0.25) is 0 Å². The van der Waals surface area contributed by atoms with Gasteiger partial charge in [0.15, 0.2) is 5.82 Å². The van der Waals surface area contributed by atoms with Crippen molar-refractivity contribution in [1.82, 2.24) is 15.3 Å². The molecule has 1 aliphatic carbocycles. The minimum absolute atomic E-state index is 0.413. The van der Waals surface area contributed by atoms with Gasteiger partial charge >= 0.3 is 0 Å². The monoisotopic (exact) mass is 287 g/mol. The lowest BCUT2D eigenvalue weighted by atomic mass is 10.0. The van der Waals surface area contributed by atoms with Crippen LogP contribution < -0.4 is 5.32 Å². The first-order chi connectivity index (χ1) is 10.2. The highest BCUT2D eigenvalue weighted by Gasteiger charge is 2.30. The first-order valence-corrected chi connectivity index (χ1v) is 7.27. The molecule has 1 aromatic carbocycles. The average Bonchev–Trinajstić information content (AvgIpc) is 3.29. The molecule has 4 rings (SSSR count). The van der Waals surface area contributed by atoms with Crippen molar-refractivity contribution in [2.45, 2.75) is 31.7 Å². The maximum absolute atomic E-state index is 13.4. The number of benzene rings is 1. The fourth-order valence-electron chi connectivity index (χ4n) is 2.88. The second-order valence-electron chi connectivity index (χ2n) is 5.72. The highest BCUT2D eigenvalue weighted by molar-refractivity contribution is 5.56. The smallest absolute Gasteiger partial charge is 0.159 e. The Bertz CT molecular complexity index is 691. The van der Waals surface area contributed by atoms with E-state index in [0.29, 0.717) is 17.3 Å². The number of hydrogen-bond acceptors (Lipinski definition) is 3. The van der Waals surface area contributed by atoms with Crippen molar-refractivity contribution in [2.75, 3.05) is 6.54 Å². The fourth-order valence-corrected chi connectivity index (χ4v) is 2.88. The molecule has 1 aromatic heterocycles. The summed E-state index contributed by atoms with van der Waals surface area (Å²) in [6.45, 7) is 1.67. The molecule has 0 amide bonds. The van der Waals surface area contributed by atoms with Gasteiger partial charge in [0.05, 0.1) is 11.4 Å². The van der Waals surface area contributed by atoms with Crippen molar-refractivity contribution in [3.63, 3.8) is 0 Å². The molecule has 5 heteroatoms. The van der Waals surface area contributed by atoms with Gasteiger partial charge < -0.3 is 5.32 Å². The topological polar surface area (TPSA) is 37.8 Å². The van der Waals surface area contributed by atoms with Crippen LogP contribution in [-0.2, 0) is 13.0 Å². The average molecular weight is 287 g/mol. The number of hydrogen-bond donors (Lipinski definition) is 1. The molecular formula is C16H15F2N3. The van der Waals surface area contributed by atoms with E-state index in [1.807, 2.05) is 0 Å². The SMILES string of the molecule is Fc1cc(F)cc(-c2nc3c(c(C4CC4)n2)CNCC3)c1. The maximum Gasteiger partial charge on any atom is 0.159 e. The second kappa shape index (κ2) is 4.84. The zero-order chi connectivity index (χ0) is 14.4. The quantitative estimate of drug-likeness (QED) is 0.923. The molecule has 3 nitrogen and oxygen atoms in total. The molecule has 21 heavy (non-hydrogen) atoms. The van der Waals surface area contributed by atoms with E-state index in [2.05, 4.69) is 15.3 Å². The molecule has 0 atom stereocenters. The van der Waals surface area contributed by atoms with Gasteiger partial charge in [0.1, 0.15) is 11.6 Å². The van der Waals surface area contributed by atoms with Gasteiger partial charge in [0, 0.05) is 42.6 Å².